The summed E-state index contributed by atoms with van der Waals surface area (Å²) in [7, 11) is 0. The second kappa shape index (κ2) is 7.44. The van der Waals surface area contributed by atoms with Crippen molar-refractivity contribution in [3.05, 3.63) is 77.5 Å². The summed E-state index contributed by atoms with van der Waals surface area (Å²) in [5.74, 6) is -0.0685. The Balaban J connectivity index is 1.99. The molecule has 3 rings (SSSR count). The van der Waals surface area contributed by atoms with Gasteiger partial charge < -0.3 is 11.5 Å². The first-order chi connectivity index (χ1) is 12.1. The van der Waals surface area contributed by atoms with Crippen molar-refractivity contribution in [2.75, 3.05) is 0 Å². The summed E-state index contributed by atoms with van der Waals surface area (Å²) in [4.78, 5) is 0. The molecule has 0 amide bonds. The number of aromatic nitrogens is 2. The Morgan fingerprint density at radius 2 is 1.92 bits per heavy atom. The fourth-order valence-electron chi connectivity index (χ4n) is 2.63. The molecule has 0 aliphatic rings. The van der Waals surface area contributed by atoms with Crippen LogP contribution in [0, 0.1) is 6.92 Å². The predicted octanol–water partition coefficient (Wildman–Crippen LogP) is 1.93. The van der Waals surface area contributed by atoms with E-state index in [-0.39, 0.29) is 5.96 Å². The van der Waals surface area contributed by atoms with Crippen molar-refractivity contribution in [2.45, 2.75) is 13.5 Å². The fourth-order valence-corrected chi connectivity index (χ4v) is 2.63. The predicted molar refractivity (Wildman–Crippen MR) is 100 cm³/mol. The van der Waals surface area contributed by atoms with E-state index in [9.17, 15) is 0 Å². The van der Waals surface area contributed by atoms with Gasteiger partial charge in [-0.25, -0.2) is 0 Å². The van der Waals surface area contributed by atoms with Crippen LogP contribution in [0.1, 0.15) is 16.7 Å². The third kappa shape index (κ3) is 4.32. The number of aromatic amines is 1. The molecule has 0 bridgehead atoms. The van der Waals surface area contributed by atoms with Gasteiger partial charge in [-0.1, -0.05) is 54.1 Å². The Bertz CT molecular complexity index is 905. The summed E-state index contributed by atoms with van der Waals surface area (Å²) in [5.41, 5.74) is 16.0. The van der Waals surface area contributed by atoms with Crippen molar-refractivity contribution in [1.29, 1.82) is 0 Å². The van der Waals surface area contributed by atoms with Crippen LogP contribution in [-0.2, 0) is 6.54 Å². The van der Waals surface area contributed by atoms with Gasteiger partial charge in [0.05, 0.1) is 11.8 Å². The summed E-state index contributed by atoms with van der Waals surface area (Å²) in [6.07, 6.45) is 3.64. The van der Waals surface area contributed by atoms with Crippen molar-refractivity contribution < 1.29 is 4.68 Å². The third-order valence-corrected chi connectivity index (χ3v) is 3.71. The maximum Gasteiger partial charge on any atom is 0.211 e. The maximum atomic E-state index is 5.33. The first-order valence-corrected chi connectivity index (χ1v) is 7.97. The number of aryl methyl sites for hydroxylation is 1. The molecule has 1 aromatic heterocycles. The highest BCUT2D eigenvalue weighted by Crippen LogP contribution is 2.20. The van der Waals surface area contributed by atoms with Gasteiger partial charge in [0.2, 0.25) is 12.2 Å². The number of benzene rings is 2. The van der Waals surface area contributed by atoms with Crippen LogP contribution < -0.4 is 16.1 Å². The SMILES string of the molecule is Cc1cccc(-c2[nH][n+](Cc3ccccc3)cc2/C=N/N=C(N)N)c1. The number of nitrogens with two attached hydrogens (primary N) is 2. The maximum absolute atomic E-state index is 5.33. The molecule has 6 heteroatoms. The van der Waals surface area contributed by atoms with Crippen LogP contribution >= 0.6 is 0 Å². The Hall–Kier alpha value is -3.41. The molecule has 0 unspecified atom stereocenters. The van der Waals surface area contributed by atoms with Crippen molar-refractivity contribution in [3.63, 3.8) is 0 Å². The zero-order valence-corrected chi connectivity index (χ0v) is 14.1. The minimum absolute atomic E-state index is 0.0685. The number of hydrogen-bond donors (Lipinski definition) is 3. The Morgan fingerprint density at radius 3 is 2.64 bits per heavy atom. The lowest BCUT2D eigenvalue weighted by atomic mass is 10.1. The van der Waals surface area contributed by atoms with Gasteiger partial charge in [-0.05, 0) is 13.0 Å². The molecule has 5 N–H and O–H groups in total. The standard InChI is InChI=1S/C19H20N6/c1-14-6-5-9-16(10-14)18-17(11-22-23-19(20)21)13-25(24-18)12-15-7-3-2-4-8-15/h2-11,13H,12H2,1H3,(H4,20,21,23)/p+1/b22-11+. The summed E-state index contributed by atoms with van der Waals surface area (Å²) in [5, 5.41) is 11.1. The Labute approximate surface area is 146 Å². The molecule has 0 aliphatic heterocycles. The van der Waals surface area contributed by atoms with E-state index in [1.54, 1.807) is 6.21 Å². The minimum atomic E-state index is -0.0685. The van der Waals surface area contributed by atoms with E-state index < -0.39 is 0 Å². The van der Waals surface area contributed by atoms with E-state index in [1.165, 1.54) is 11.1 Å². The van der Waals surface area contributed by atoms with Crippen molar-refractivity contribution in [3.8, 4) is 11.3 Å². The van der Waals surface area contributed by atoms with Gasteiger partial charge in [-0.15, -0.1) is 9.78 Å². The van der Waals surface area contributed by atoms with Gasteiger partial charge in [0.25, 0.3) is 0 Å². The number of nitrogens with one attached hydrogen (secondary N) is 1. The van der Waals surface area contributed by atoms with E-state index in [0.29, 0.717) is 0 Å². The van der Waals surface area contributed by atoms with E-state index in [2.05, 4.69) is 52.6 Å². The molecule has 0 spiro atoms. The average Bonchev–Trinajstić information content (AvgIpc) is 2.98. The molecule has 0 aliphatic carbocycles. The lowest BCUT2D eigenvalue weighted by Gasteiger charge is -1.99. The first kappa shape index (κ1) is 16.4. The summed E-state index contributed by atoms with van der Waals surface area (Å²) >= 11 is 0. The molecule has 0 radical (unpaired) electrons. The molecule has 126 valence electrons. The molecule has 1 heterocycles. The average molecular weight is 333 g/mol. The van der Waals surface area contributed by atoms with Crippen LogP contribution in [0.4, 0.5) is 0 Å². The van der Waals surface area contributed by atoms with Gasteiger partial charge in [0.15, 0.2) is 6.54 Å². The van der Waals surface area contributed by atoms with Gasteiger partial charge in [-0.3, -0.25) is 0 Å². The van der Waals surface area contributed by atoms with Crippen LogP contribution in [-0.4, -0.2) is 17.3 Å². The summed E-state index contributed by atoms with van der Waals surface area (Å²) in [6.45, 7) is 2.80. The van der Waals surface area contributed by atoms with Crippen LogP contribution in [0.3, 0.4) is 0 Å². The molecule has 2 aromatic carbocycles. The van der Waals surface area contributed by atoms with Gasteiger partial charge in [0.1, 0.15) is 5.69 Å². The zero-order chi connectivity index (χ0) is 17.6. The highest BCUT2D eigenvalue weighted by Gasteiger charge is 2.15. The van der Waals surface area contributed by atoms with Crippen molar-refractivity contribution in [1.82, 2.24) is 5.10 Å². The monoisotopic (exact) mass is 333 g/mol. The van der Waals surface area contributed by atoms with Gasteiger partial charge >= 0.3 is 0 Å². The number of rotatable bonds is 5. The van der Waals surface area contributed by atoms with E-state index >= 15 is 0 Å². The van der Waals surface area contributed by atoms with Crippen LogP contribution in [0.25, 0.3) is 11.3 Å². The largest absolute Gasteiger partial charge is 0.369 e. The summed E-state index contributed by atoms with van der Waals surface area (Å²) in [6, 6.07) is 18.5. The van der Waals surface area contributed by atoms with Crippen molar-refractivity contribution >= 4 is 12.2 Å². The number of nitrogens with zero attached hydrogens (tertiary/aromatic N) is 3. The van der Waals surface area contributed by atoms with Gasteiger partial charge in [-0.2, -0.15) is 10.2 Å². The van der Waals surface area contributed by atoms with Crippen LogP contribution in [0.2, 0.25) is 0 Å². The fraction of sp³-hybridized carbons (Fsp3) is 0.105. The molecular weight excluding hydrogens is 312 g/mol. The topological polar surface area (TPSA) is 96.4 Å². The van der Waals surface area contributed by atoms with Crippen LogP contribution in [0.15, 0.2) is 71.0 Å². The Morgan fingerprint density at radius 1 is 1.12 bits per heavy atom. The van der Waals surface area contributed by atoms with E-state index in [0.717, 1.165) is 23.4 Å². The van der Waals surface area contributed by atoms with E-state index in [1.807, 2.05) is 35.1 Å². The lowest BCUT2D eigenvalue weighted by molar-refractivity contribution is -0.741. The highest BCUT2D eigenvalue weighted by atomic mass is 15.3. The quantitative estimate of drug-likeness (QED) is 0.288. The number of hydrogen-bond acceptors (Lipinski definition) is 2. The number of guanidine groups is 1. The molecule has 3 aromatic rings. The van der Waals surface area contributed by atoms with Gasteiger partial charge in [0, 0.05) is 11.1 Å². The Kier molecular flexibility index (Phi) is 4.89. The first-order valence-electron chi connectivity index (χ1n) is 7.97. The van der Waals surface area contributed by atoms with Crippen LogP contribution in [0.5, 0.6) is 0 Å². The van der Waals surface area contributed by atoms with E-state index in [4.69, 9.17) is 11.5 Å². The normalized spacial score (nSPS) is 10.9. The molecule has 0 atom stereocenters. The highest BCUT2D eigenvalue weighted by molar-refractivity contribution is 5.88. The number of H-pyrrole nitrogens is 1. The molecule has 0 saturated heterocycles. The lowest BCUT2D eigenvalue weighted by Crippen LogP contribution is -2.35. The third-order valence-electron chi connectivity index (χ3n) is 3.71. The molecule has 25 heavy (non-hydrogen) atoms. The van der Waals surface area contributed by atoms with Crippen molar-refractivity contribution in [2.24, 2.45) is 21.7 Å². The second-order valence-electron chi connectivity index (χ2n) is 5.82. The second-order valence-corrected chi connectivity index (χ2v) is 5.82. The smallest absolute Gasteiger partial charge is 0.211 e. The molecule has 6 nitrogen and oxygen atoms in total. The summed E-state index contributed by atoms with van der Waals surface area (Å²) < 4.78 is 2.02. The molecule has 0 fully saturated rings. The molecular formula is C19H21N6+. The molecule has 0 saturated carbocycles. The zero-order valence-electron chi connectivity index (χ0n) is 14.1. The minimum Gasteiger partial charge on any atom is -0.369 e.